The molecule has 0 atom stereocenters. The molecule has 0 bridgehead atoms. The lowest BCUT2D eigenvalue weighted by atomic mass is 9.86. The van der Waals surface area contributed by atoms with Gasteiger partial charge in [-0.3, -0.25) is 9.59 Å². The summed E-state index contributed by atoms with van der Waals surface area (Å²) < 4.78 is 5.66. The molecule has 3 aromatic rings. The first kappa shape index (κ1) is 22.6. The maximum atomic E-state index is 12.7. The minimum Gasteiger partial charge on any atom is -0.482 e. The first-order chi connectivity index (χ1) is 16.7. The molecule has 1 aliphatic carbocycles. The molecule has 0 unspecified atom stereocenters. The van der Waals surface area contributed by atoms with E-state index in [1.54, 1.807) is 4.90 Å². The van der Waals surface area contributed by atoms with Gasteiger partial charge in [-0.1, -0.05) is 62.4 Å². The predicted octanol–water partition coefficient (Wildman–Crippen LogP) is 6.03. The van der Waals surface area contributed by atoms with Crippen LogP contribution >= 0.6 is 11.3 Å². The fraction of sp³-hybridized carbons (Fsp3) is 0.370. The Morgan fingerprint density at radius 2 is 1.94 bits per heavy atom. The number of fused-ring (bicyclic) bond motifs is 1. The molecule has 2 aliphatic rings. The van der Waals surface area contributed by atoms with Gasteiger partial charge in [0.15, 0.2) is 11.7 Å². The average molecular weight is 476 g/mol. The molecule has 0 radical (unpaired) electrons. The molecule has 2 aromatic carbocycles. The van der Waals surface area contributed by atoms with E-state index in [0.29, 0.717) is 29.8 Å². The summed E-state index contributed by atoms with van der Waals surface area (Å²) >= 11 is 1.42. The highest BCUT2D eigenvalue weighted by Gasteiger charge is 2.26. The molecular weight excluding hydrogens is 446 g/mol. The zero-order chi connectivity index (χ0) is 23.3. The van der Waals surface area contributed by atoms with E-state index in [1.165, 1.54) is 43.4 Å². The summed E-state index contributed by atoms with van der Waals surface area (Å²) in [5.74, 6) is 1.33. The van der Waals surface area contributed by atoms with Crippen LogP contribution in [0.2, 0.25) is 0 Å². The topological polar surface area (TPSA) is 71.5 Å². The standard InChI is InChI=1S/C27H29N3O3S/c31-25(14-11-19-7-3-1-4-8-19)29-27-28-22(18-34-27)21-12-13-24-23(15-21)30(26(32)17-33-24)16-20-9-5-2-6-10-20/h2,5-6,9-10,12-13,15,18-19H,1,3-4,7-8,11,14,16-17H2,(H,28,29,31). The smallest absolute Gasteiger partial charge is 0.265 e. The van der Waals surface area contributed by atoms with Gasteiger partial charge >= 0.3 is 0 Å². The van der Waals surface area contributed by atoms with E-state index in [4.69, 9.17) is 4.74 Å². The number of hydrogen-bond acceptors (Lipinski definition) is 5. The molecule has 6 nitrogen and oxygen atoms in total. The van der Waals surface area contributed by atoms with Crippen molar-refractivity contribution in [2.45, 2.75) is 51.5 Å². The number of aromatic nitrogens is 1. The summed E-state index contributed by atoms with van der Waals surface area (Å²) in [5, 5.41) is 5.50. The number of hydrogen-bond donors (Lipinski definition) is 1. The van der Waals surface area contributed by atoms with Gasteiger partial charge in [0.1, 0.15) is 5.75 Å². The highest BCUT2D eigenvalue weighted by atomic mass is 32.1. The summed E-state index contributed by atoms with van der Waals surface area (Å²) in [6.45, 7) is 0.520. The second-order valence-corrected chi connectivity index (χ2v) is 9.92. The number of thiazole rings is 1. The number of benzene rings is 2. The second-order valence-electron chi connectivity index (χ2n) is 9.07. The van der Waals surface area contributed by atoms with E-state index < -0.39 is 0 Å². The zero-order valence-corrected chi connectivity index (χ0v) is 20.0. The Morgan fingerprint density at radius 1 is 1.12 bits per heavy atom. The maximum Gasteiger partial charge on any atom is 0.265 e. The minimum atomic E-state index is -0.0716. The summed E-state index contributed by atoms with van der Waals surface area (Å²) in [4.78, 5) is 31.5. The summed E-state index contributed by atoms with van der Waals surface area (Å²) in [6, 6.07) is 15.7. The predicted molar refractivity (Wildman–Crippen MR) is 135 cm³/mol. The van der Waals surface area contributed by atoms with Crippen molar-refractivity contribution in [1.82, 2.24) is 4.98 Å². The van der Waals surface area contributed by atoms with Crippen LogP contribution in [-0.2, 0) is 16.1 Å². The van der Waals surface area contributed by atoms with E-state index in [0.717, 1.165) is 28.9 Å². The number of carbonyl (C=O) groups is 2. The van der Waals surface area contributed by atoms with Crippen molar-refractivity contribution in [3.8, 4) is 17.0 Å². The largest absolute Gasteiger partial charge is 0.482 e. The van der Waals surface area contributed by atoms with Gasteiger partial charge in [0.25, 0.3) is 5.91 Å². The number of rotatable bonds is 7. The monoisotopic (exact) mass is 475 g/mol. The van der Waals surface area contributed by atoms with E-state index in [-0.39, 0.29) is 18.4 Å². The van der Waals surface area contributed by atoms with Gasteiger partial charge in [0, 0.05) is 17.4 Å². The lowest BCUT2D eigenvalue weighted by Gasteiger charge is -2.29. The molecule has 2 amide bonds. The van der Waals surface area contributed by atoms with E-state index in [1.807, 2.05) is 53.9 Å². The number of anilines is 2. The van der Waals surface area contributed by atoms with Gasteiger partial charge in [-0.25, -0.2) is 4.98 Å². The third-order valence-corrected chi connectivity index (χ3v) is 7.39. The Labute approximate surface area is 204 Å². The Kier molecular flexibility index (Phi) is 6.90. The summed E-state index contributed by atoms with van der Waals surface area (Å²) in [5.41, 5.74) is 3.45. The van der Waals surface area contributed by atoms with E-state index >= 15 is 0 Å². The van der Waals surface area contributed by atoms with Gasteiger partial charge in [0.2, 0.25) is 5.91 Å². The second kappa shape index (κ2) is 10.4. The molecule has 176 valence electrons. The number of ether oxygens (including phenoxy) is 1. The third kappa shape index (κ3) is 5.30. The zero-order valence-electron chi connectivity index (χ0n) is 19.2. The van der Waals surface area contributed by atoms with Crippen LogP contribution in [0.25, 0.3) is 11.3 Å². The molecule has 1 fully saturated rings. The van der Waals surface area contributed by atoms with Crippen LogP contribution in [0.15, 0.2) is 53.9 Å². The Morgan fingerprint density at radius 3 is 2.76 bits per heavy atom. The Hall–Kier alpha value is -3.19. The lowest BCUT2D eigenvalue weighted by molar-refractivity contribution is -0.121. The van der Waals surface area contributed by atoms with Crippen LogP contribution in [0.4, 0.5) is 10.8 Å². The molecule has 1 aromatic heterocycles. The highest BCUT2D eigenvalue weighted by molar-refractivity contribution is 7.14. The fourth-order valence-corrected chi connectivity index (χ4v) is 5.49. The third-order valence-electron chi connectivity index (χ3n) is 6.64. The Balaban J connectivity index is 1.27. The van der Waals surface area contributed by atoms with Crippen LogP contribution in [0.5, 0.6) is 5.75 Å². The number of amides is 2. The van der Waals surface area contributed by atoms with Crippen molar-refractivity contribution in [3.63, 3.8) is 0 Å². The molecule has 7 heteroatoms. The lowest BCUT2D eigenvalue weighted by Crippen LogP contribution is -2.38. The highest BCUT2D eigenvalue weighted by Crippen LogP contribution is 2.37. The van der Waals surface area contributed by atoms with Crippen molar-refractivity contribution in [1.29, 1.82) is 0 Å². The van der Waals surface area contributed by atoms with Crippen molar-refractivity contribution < 1.29 is 14.3 Å². The SMILES string of the molecule is O=C(CCC1CCCCC1)Nc1nc(-c2ccc3c(c2)N(Cc2ccccc2)C(=O)CO3)cs1. The quantitative estimate of drug-likeness (QED) is 0.453. The number of nitrogens with zero attached hydrogens (tertiary/aromatic N) is 2. The van der Waals surface area contributed by atoms with Crippen molar-refractivity contribution in [2.75, 3.05) is 16.8 Å². The summed E-state index contributed by atoms with van der Waals surface area (Å²) in [7, 11) is 0. The molecule has 0 saturated heterocycles. The molecule has 1 N–H and O–H groups in total. The number of nitrogens with one attached hydrogen (secondary N) is 1. The van der Waals surface area contributed by atoms with Crippen LogP contribution in [-0.4, -0.2) is 23.4 Å². The first-order valence-corrected chi connectivity index (χ1v) is 12.9. The van der Waals surface area contributed by atoms with Gasteiger partial charge in [-0.05, 0) is 36.1 Å². The van der Waals surface area contributed by atoms with Crippen LogP contribution in [0, 0.1) is 5.92 Å². The molecular formula is C27H29N3O3S. The summed E-state index contributed by atoms with van der Waals surface area (Å²) in [6.07, 6.45) is 7.93. The normalized spacial score (nSPS) is 16.1. The van der Waals surface area contributed by atoms with Gasteiger partial charge in [-0.2, -0.15) is 0 Å². The molecule has 1 saturated carbocycles. The number of carbonyl (C=O) groups excluding carboxylic acids is 2. The van der Waals surface area contributed by atoms with Gasteiger partial charge < -0.3 is 15.0 Å². The van der Waals surface area contributed by atoms with Gasteiger partial charge in [-0.15, -0.1) is 11.3 Å². The molecule has 2 heterocycles. The first-order valence-electron chi connectivity index (χ1n) is 12.0. The van der Waals surface area contributed by atoms with E-state index in [2.05, 4.69) is 10.3 Å². The van der Waals surface area contributed by atoms with Crippen LogP contribution in [0.3, 0.4) is 0 Å². The fourth-order valence-electron chi connectivity index (χ4n) is 4.76. The maximum absolute atomic E-state index is 12.7. The Bertz CT molecular complexity index is 1150. The molecule has 5 rings (SSSR count). The van der Waals surface area contributed by atoms with Crippen molar-refractivity contribution in [2.24, 2.45) is 5.92 Å². The van der Waals surface area contributed by atoms with E-state index in [9.17, 15) is 9.59 Å². The van der Waals surface area contributed by atoms with Crippen LogP contribution < -0.4 is 15.0 Å². The van der Waals surface area contributed by atoms with Crippen LogP contribution in [0.1, 0.15) is 50.5 Å². The molecule has 0 spiro atoms. The van der Waals surface area contributed by atoms with Gasteiger partial charge in [0.05, 0.1) is 17.9 Å². The van der Waals surface area contributed by atoms with Crippen molar-refractivity contribution >= 4 is 34.0 Å². The molecule has 1 aliphatic heterocycles. The minimum absolute atomic E-state index is 0.0324. The van der Waals surface area contributed by atoms with Crippen molar-refractivity contribution in [3.05, 3.63) is 59.5 Å². The molecule has 34 heavy (non-hydrogen) atoms. The average Bonchev–Trinajstić information content (AvgIpc) is 3.34.